The van der Waals surface area contributed by atoms with Gasteiger partial charge in [0.25, 0.3) is 11.7 Å². The number of nitrogens with zero attached hydrogens (tertiary/aromatic N) is 1. The summed E-state index contributed by atoms with van der Waals surface area (Å²) >= 11 is 5.98. The van der Waals surface area contributed by atoms with Crippen LogP contribution in [0.4, 0.5) is 5.69 Å². The van der Waals surface area contributed by atoms with E-state index in [9.17, 15) is 14.7 Å². The third-order valence-corrected chi connectivity index (χ3v) is 5.09. The van der Waals surface area contributed by atoms with Crippen molar-refractivity contribution in [3.05, 3.63) is 88.8 Å². The summed E-state index contributed by atoms with van der Waals surface area (Å²) in [5.41, 5.74) is 0.768. The van der Waals surface area contributed by atoms with Crippen molar-refractivity contribution in [3.63, 3.8) is 0 Å². The molecule has 1 unspecified atom stereocenters. The Morgan fingerprint density at radius 3 is 2.48 bits per heavy atom. The Labute approximate surface area is 184 Å². The van der Waals surface area contributed by atoms with E-state index < -0.39 is 17.7 Å². The molecule has 1 aliphatic rings. The minimum Gasteiger partial charge on any atom is -0.507 e. The van der Waals surface area contributed by atoms with Crippen molar-refractivity contribution in [2.75, 3.05) is 4.90 Å². The summed E-state index contributed by atoms with van der Waals surface area (Å²) in [6, 6.07) is 15.7. The number of carbonyl (C=O) groups is 2. The molecule has 31 heavy (non-hydrogen) atoms. The van der Waals surface area contributed by atoms with Gasteiger partial charge in [-0.3, -0.25) is 14.5 Å². The summed E-state index contributed by atoms with van der Waals surface area (Å²) < 4.78 is 11.2. The van der Waals surface area contributed by atoms with E-state index in [1.54, 1.807) is 60.7 Å². The van der Waals surface area contributed by atoms with Crippen molar-refractivity contribution in [2.45, 2.75) is 26.0 Å². The van der Waals surface area contributed by atoms with Crippen LogP contribution in [0.1, 0.15) is 31.2 Å². The summed E-state index contributed by atoms with van der Waals surface area (Å²) in [7, 11) is 0. The van der Waals surface area contributed by atoms with E-state index in [4.69, 9.17) is 20.8 Å². The molecule has 0 spiro atoms. The smallest absolute Gasteiger partial charge is 0.300 e. The van der Waals surface area contributed by atoms with E-state index in [0.29, 0.717) is 27.8 Å². The molecule has 1 N–H and O–H groups in total. The van der Waals surface area contributed by atoms with Gasteiger partial charge in [-0.05, 0) is 62.4 Å². The van der Waals surface area contributed by atoms with Crippen LogP contribution in [0.3, 0.4) is 0 Å². The van der Waals surface area contributed by atoms with Gasteiger partial charge in [0.15, 0.2) is 0 Å². The zero-order chi connectivity index (χ0) is 22.1. The van der Waals surface area contributed by atoms with Gasteiger partial charge in [0.05, 0.1) is 17.9 Å². The van der Waals surface area contributed by atoms with Crippen LogP contribution >= 0.6 is 11.6 Å². The molecule has 1 atom stereocenters. The lowest BCUT2D eigenvalue weighted by atomic mass is 9.99. The monoisotopic (exact) mass is 437 g/mol. The van der Waals surface area contributed by atoms with Crippen molar-refractivity contribution in [1.82, 2.24) is 0 Å². The van der Waals surface area contributed by atoms with Gasteiger partial charge in [-0.25, -0.2) is 0 Å². The molecule has 1 amide bonds. The maximum absolute atomic E-state index is 13.0. The minimum atomic E-state index is -0.925. The molecule has 2 aromatic carbocycles. The third kappa shape index (κ3) is 3.94. The van der Waals surface area contributed by atoms with E-state index >= 15 is 0 Å². The molecule has 2 heterocycles. The summed E-state index contributed by atoms with van der Waals surface area (Å²) in [6.45, 7) is 3.78. The van der Waals surface area contributed by atoms with Gasteiger partial charge >= 0.3 is 0 Å². The topological polar surface area (TPSA) is 80.0 Å². The maximum atomic E-state index is 13.0. The normalized spacial score (nSPS) is 18.1. The van der Waals surface area contributed by atoms with Crippen LogP contribution in [0.15, 0.2) is 76.9 Å². The van der Waals surface area contributed by atoms with Crippen molar-refractivity contribution in [1.29, 1.82) is 0 Å². The van der Waals surface area contributed by atoms with Gasteiger partial charge in [-0.1, -0.05) is 23.7 Å². The van der Waals surface area contributed by atoms with Crippen LogP contribution in [0.5, 0.6) is 5.75 Å². The van der Waals surface area contributed by atoms with Gasteiger partial charge in [0.1, 0.15) is 23.3 Å². The Balaban J connectivity index is 1.86. The van der Waals surface area contributed by atoms with Crippen LogP contribution in [-0.2, 0) is 9.59 Å². The van der Waals surface area contributed by atoms with Crippen molar-refractivity contribution < 1.29 is 23.8 Å². The Hall–Kier alpha value is -3.51. The number of aliphatic hydroxyl groups is 1. The average molecular weight is 438 g/mol. The number of benzene rings is 2. The van der Waals surface area contributed by atoms with Crippen molar-refractivity contribution in [3.8, 4) is 5.75 Å². The lowest BCUT2D eigenvalue weighted by Crippen LogP contribution is -2.29. The second kappa shape index (κ2) is 8.32. The lowest BCUT2D eigenvalue weighted by Gasteiger charge is -2.23. The molecule has 0 bridgehead atoms. The van der Waals surface area contributed by atoms with Crippen LogP contribution in [0.2, 0.25) is 5.02 Å². The Morgan fingerprint density at radius 2 is 1.84 bits per heavy atom. The van der Waals surface area contributed by atoms with Crippen LogP contribution < -0.4 is 9.64 Å². The van der Waals surface area contributed by atoms with Crippen molar-refractivity contribution >= 4 is 34.7 Å². The van der Waals surface area contributed by atoms with Crippen LogP contribution in [-0.4, -0.2) is 22.9 Å². The fourth-order valence-corrected chi connectivity index (χ4v) is 3.69. The van der Waals surface area contributed by atoms with Gasteiger partial charge < -0.3 is 14.3 Å². The summed E-state index contributed by atoms with van der Waals surface area (Å²) in [6.07, 6.45) is 1.39. The number of anilines is 1. The quantitative estimate of drug-likeness (QED) is 0.331. The van der Waals surface area contributed by atoms with E-state index in [1.165, 1.54) is 11.2 Å². The number of carbonyl (C=O) groups excluding carboxylic acids is 2. The molecule has 4 rings (SSSR count). The SMILES string of the molecule is CC(C)Oc1cccc(/C(O)=C2/C(=O)C(=O)N(c3ccc(Cl)cc3)C2c2ccco2)c1. The predicted molar refractivity (Wildman–Crippen MR) is 117 cm³/mol. The highest BCUT2D eigenvalue weighted by atomic mass is 35.5. The second-order valence-electron chi connectivity index (χ2n) is 7.36. The zero-order valence-corrected chi connectivity index (χ0v) is 17.7. The number of furan rings is 1. The van der Waals surface area contributed by atoms with Crippen molar-refractivity contribution in [2.24, 2.45) is 0 Å². The molecule has 0 radical (unpaired) electrons. The molecule has 1 saturated heterocycles. The first kappa shape index (κ1) is 20.8. The van der Waals surface area contributed by atoms with Gasteiger partial charge in [0.2, 0.25) is 0 Å². The first-order valence-electron chi connectivity index (χ1n) is 9.74. The van der Waals surface area contributed by atoms with Crippen LogP contribution in [0.25, 0.3) is 5.76 Å². The zero-order valence-electron chi connectivity index (χ0n) is 16.9. The highest BCUT2D eigenvalue weighted by Crippen LogP contribution is 2.42. The number of Topliss-reactive ketones (excluding diaryl/α,β-unsaturated/α-hetero) is 1. The number of amides is 1. The number of hydrogen-bond donors (Lipinski definition) is 1. The van der Waals surface area contributed by atoms with E-state index in [-0.39, 0.29) is 17.4 Å². The molecule has 3 aromatic rings. The fraction of sp³-hybridized carbons (Fsp3) is 0.167. The van der Waals surface area contributed by atoms with Gasteiger partial charge in [-0.2, -0.15) is 0 Å². The summed E-state index contributed by atoms with van der Waals surface area (Å²) in [5, 5.41) is 11.6. The molecule has 158 valence electrons. The number of ketones is 1. The maximum Gasteiger partial charge on any atom is 0.300 e. The van der Waals surface area contributed by atoms with E-state index in [2.05, 4.69) is 0 Å². The number of ether oxygens (including phenoxy) is 1. The molecule has 7 heteroatoms. The number of halogens is 1. The highest BCUT2D eigenvalue weighted by molar-refractivity contribution is 6.51. The summed E-state index contributed by atoms with van der Waals surface area (Å²) in [4.78, 5) is 27.3. The fourth-order valence-electron chi connectivity index (χ4n) is 3.56. The third-order valence-electron chi connectivity index (χ3n) is 4.84. The molecule has 0 aliphatic carbocycles. The lowest BCUT2D eigenvalue weighted by molar-refractivity contribution is -0.132. The first-order chi connectivity index (χ1) is 14.9. The molecule has 1 fully saturated rings. The largest absolute Gasteiger partial charge is 0.507 e. The van der Waals surface area contributed by atoms with Gasteiger partial charge in [0, 0.05) is 16.3 Å². The predicted octanol–water partition coefficient (Wildman–Crippen LogP) is 5.35. The molecule has 1 aromatic heterocycles. The van der Waals surface area contributed by atoms with E-state index in [0.717, 1.165) is 0 Å². The average Bonchev–Trinajstić information content (AvgIpc) is 3.35. The molecular weight excluding hydrogens is 418 g/mol. The molecule has 0 saturated carbocycles. The van der Waals surface area contributed by atoms with E-state index in [1.807, 2.05) is 13.8 Å². The second-order valence-corrected chi connectivity index (χ2v) is 7.79. The highest BCUT2D eigenvalue weighted by Gasteiger charge is 2.48. The minimum absolute atomic E-state index is 0.0587. The molecular formula is C24H20ClNO5. The number of aliphatic hydroxyl groups excluding tert-OH is 1. The number of hydrogen-bond acceptors (Lipinski definition) is 5. The van der Waals surface area contributed by atoms with Gasteiger partial charge in [-0.15, -0.1) is 0 Å². The molecule has 6 nitrogen and oxygen atoms in total. The standard InChI is InChI=1S/C24H20ClNO5/c1-14(2)31-18-6-3-5-15(13-18)22(27)20-21(19-7-4-12-30-19)26(24(29)23(20)28)17-10-8-16(25)9-11-17/h3-14,21,27H,1-2H3/b22-20-. The Morgan fingerprint density at radius 1 is 1.10 bits per heavy atom. The summed E-state index contributed by atoms with van der Waals surface area (Å²) in [5.74, 6) is -0.972. The van der Waals surface area contributed by atoms with Crippen LogP contribution in [0, 0.1) is 0 Å². The number of rotatable bonds is 5. The Bertz CT molecular complexity index is 1150. The first-order valence-corrected chi connectivity index (χ1v) is 10.1. The Kier molecular flexibility index (Phi) is 5.57. The molecule has 1 aliphatic heterocycles.